The van der Waals surface area contributed by atoms with Crippen LogP contribution in [0.25, 0.3) is 0 Å². The quantitative estimate of drug-likeness (QED) is 0.0146. The monoisotopic (exact) mass is 1570 g/mol. The summed E-state index contributed by atoms with van der Waals surface area (Å²) >= 11 is 0. The van der Waals surface area contributed by atoms with Crippen LogP contribution >= 0.6 is 15.6 Å². The lowest BCUT2D eigenvalue weighted by Gasteiger charge is -2.21. The van der Waals surface area contributed by atoms with E-state index in [9.17, 15) is 43.5 Å². The minimum atomic E-state index is -4.93. The van der Waals surface area contributed by atoms with Crippen molar-refractivity contribution in [1.82, 2.24) is 0 Å². The summed E-state index contributed by atoms with van der Waals surface area (Å²) in [5.74, 6) is -1.57. The molecule has 0 saturated heterocycles. The van der Waals surface area contributed by atoms with E-state index in [1.165, 1.54) is 205 Å². The molecule has 0 heterocycles. The largest absolute Gasteiger partial charge is 0.472 e. The zero-order valence-corrected chi connectivity index (χ0v) is 71.3. The first-order valence-corrected chi connectivity index (χ1v) is 47.2. The minimum absolute atomic E-state index is 0.0947. The molecule has 0 fully saturated rings. The van der Waals surface area contributed by atoms with E-state index in [-0.39, 0.29) is 19.3 Å². The molecule has 0 saturated carbocycles. The summed E-state index contributed by atoms with van der Waals surface area (Å²) in [5.41, 5.74) is 0. The van der Waals surface area contributed by atoms with Gasteiger partial charge < -0.3 is 34.2 Å². The molecule has 0 aromatic rings. The number of ether oxygens (including phenoxy) is 3. The molecule has 4 N–H and O–H groups in total. The van der Waals surface area contributed by atoms with Gasteiger partial charge in [0.1, 0.15) is 25.4 Å². The molecule has 0 spiro atoms. The zero-order valence-electron chi connectivity index (χ0n) is 69.5. The summed E-state index contributed by atoms with van der Waals surface area (Å²) in [6, 6.07) is 0. The second kappa shape index (κ2) is 83.6. The third kappa shape index (κ3) is 84.9. The van der Waals surface area contributed by atoms with E-state index in [0.717, 1.165) is 128 Å². The smallest absolute Gasteiger partial charge is 0.463 e. The lowest BCUT2D eigenvalue weighted by atomic mass is 10.0. The molecule has 109 heavy (non-hydrogen) atoms. The summed E-state index contributed by atoms with van der Waals surface area (Å²) in [4.78, 5) is 58.8. The van der Waals surface area contributed by atoms with E-state index < -0.39 is 91.5 Å². The number of rotatable bonds is 84. The molecular weight excluding hydrogens is 1410 g/mol. The molecule has 632 valence electrons. The molecule has 0 amide bonds. The Kier molecular flexibility index (Phi) is 80.7. The summed E-state index contributed by atoms with van der Waals surface area (Å²) in [7, 11) is -9.79. The van der Waals surface area contributed by atoms with Gasteiger partial charge in [0, 0.05) is 19.3 Å². The molecule has 0 aromatic heterocycles. The lowest BCUT2D eigenvalue weighted by Crippen LogP contribution is -2.30. The molecule has 5 unspecified atom stereocenters. The van der Waals surface area contributed by atoms with Gasteiger partial charge in [-0.05, 0) is 135 Å². The number of hydrogen-bond acceptors (Lipinski definition) is 14. The number of carbonyl (C=O) groups is 3. The minimum Gasteiger partial charge on any atom is -0.463 e. The van der Waals surface area contributed by atoms with E-state index in [1.807, 2.05) is 0 Å². The zero-order chi connectivity index (χ0) is 79.4. The van der Waals surface area contributed by atoms with Gasteiger partial charge in [-0.3, -0.25) is 32.5 Å². The predicted molar refractivity (Wildman–Crippen MR) is 454 cm³/mol. The van der Waals surface area contributed by atoms with E-state index in [1.54, 1.807) is 0 Å². The van der Waals surface area contributed by atoms with Crippen molar-refractivity contribution in [3.05, 3.63) is 109 Å². The maximum atomic E-state index is 13.0. The van der Waals surface area contributed by atoms with Crippen LogP contribution in [-0.2, 0) is 55.8 Å². The van der Waals surface area contributed by atoms with Crippen molar-refractivity contribution >= 4 is 33.6 Å². The number of phosphoric ester groups is 2. The summed E-state index contributed by atoms with van der Waals surface area (Å²) in [6.07, 6.45) is 100. The van der Waals surface area contributed by atoms with Crippen molar-refractivity contribution in [2.45, 2.75) is 411 Å². The molecule has 18 heteroatoms. The average Bonchev–Trinajstić information content (AvgIpc) is 0.915. The molecule has 0 aliphatic carbocycles. The van der Waals surface area contributed by atoms with Crippen molar-refractivity contribution in [2.24, 2.45) is 0 Å². The molecule has 16 nitrogen and oxygen atoms in total. The van der Waals surface area contributed by atoms with Gasteiger partial charge in [-0.15, -0.1) is 0 Å². The third-order valence-electron chi connectivity index (χ3n) is 18.9. The fraction of sp³-hybridized carbons (Fsp3) is 0.769. The third-order valence-corrected chi connectivity index (χ3v) is 20.8. The van der Waals surface area contributed by atoms with Gasteiger partial charge >= 0.3 is 33.6 Å². The first-order chi connectivity index (χ1) is 53.2. The second-order valence-electron chi connectivity index (χ2n) is 29.7. The van der Waals surface area contributed by atoms with Crippen molar-refractivity contribution in [2.75, 3.05) is 39.6 Å². The van der Waals surface area contributed by atoms with Crippen LogP contribution in [0.3, 0.4) is 0 Å². The SMILES string of the molecule is CCCCC/C=C\C/C=C\C/C=C\C/C=C\CCCCCCCCCCCCCCCCCCCC(=O)OCC(O)COP(=O)(O)OCC(O)COP(=O)(O)OCC(COC(=O)CCCCCCCCCCCCC/C=C\C/C=C\C/C=C\C/C=C\CCCCC)OC(=O)CCCCCCC/C=C\CCCCCC. The van der Waals surface area contributed by atoms with Crippen LogP contribution in [-0.4, -0.2) is 95.9 Å². The van der Waals surface area contributed by atoms with E-state index in [4.69, 9.17) is 32.3 Å². The first-order valence-electron chi connectivity index (χ1n) is 44.2. The van der Waals surface area contributed by atoms with Crippen LogP contribution in [0.4, 0.5) is 0 Å². The Bertz CT molecular complexity index is 2420. The Hall–Kier alpha value is -3.79. The van der Waals surface area contributed by atoms with Crippen LogP contribution in [0.1, 0.15) is 393 Å². The topological polar surface area (TPSA) is 231 Å². The Morgan fingerprint density at radius 2 is 0.459 bits per heavy atom. The standard InChI is InChI=1S/C91H162O16P2/c1-4-7-10-13-16-19-22-25-27-29-31-33-35-37-39-40-41-42-43-44-46-48-49-51-53-55-57-60-62-65-68-71-74-77-89(94)101-80-86(92)81-103-108(97,98)104-82-87(93)83-105-109(99,100)106-85-88(107-91(96)79-76-73-70-67-64-59-24-21-18-15-12-9-6-3)84-102-90(95)78-75-72-69-66-63-61-58-56-54-52-50-47-45-38-36-34-32-30-28-26-23-20-17-14-11-8-5-2/h16-17,19-21,24-28,31-34,37-39,45,86-88,92-93H,4-15,18,22-23,29-30,35-36,40-44,46-85H2,1-3H3,(H,97,98)(H,99,100)/b19-16-,20-17-,24-21-,27-25-,28-26-,33-31-,34-32-,39-37-,45-38-. The van der Waals surface area contributed by atoms with E-state index >= 15 is 0 Å². The van der Waals surface area contributed by atoms with Crippen LogP contribution in [0, 0.1) is 0 Å². The molecule has 0 aromatic carbocycles. The number of unbranched alkanes of at least 4 members (excludes halogenated alkanes) is 43. The molecule has 0 radical (unpaired) electrons. The normalized spacial score (nSPS) is 14.4. The second-order valence-corrected chi connectivity index (χ2v) is 32.6. The molecular formula is C91H162O16P2. The maximum absolute atomic E-state index is 13.0. The summed E-state index contributed by atoms with van der Waals surface area (Å²) < 4.78 is 61.3. The van der Waals surface area contributed by atoms with Crippen LogP contribution in [0.15, 0.2) is 109 Å². The number of aliphatic hydroxyl groups excluding tert-OH is 2. The fourth-order valence-corrected chi connectivity index (χ4v) is 13.8. The van der Waals surface area contributed by atoms with Gasteiger partial charge in [0.25, 0.3) is 0 Å². The highest BCUT2D eigenvalue weighted by molar-refractivity contribution is 7.47. The molecule has 0 aliphatic heterocycles. The van der Waals surface area contributed by atoms with Gasteiger partial charge in [0.15, 0.2) is 6.10 Å². The van der Waals surface area contributed by atoms with Crippen LogP contribution in [0.5, 0.6) is 0 Å². The Balaban J connectivity index is 4.41. The van der Waals surface area contributed by atoms with Gasteiger partial charge in [0.05, 0.1) is 26.4 Å². The maximum Gasteiger partial charge on any atom is 0.472 e. The highest BCUT2D eigenvalue weighted by atomic mass is 31.2. The Labute approximate surface area is 666 Å². The number of aliphatic hydroxyl groups is 2. The number of esters is 3. The molecule has 0 aliphatic rings. The number of allylic oxidation sites excluding steroid dienone is 18. The molecule has 0 bridgehead atoms. The molecule has 0 rings (SSSR count). The van der Waals surface area contributed by atoms with Crippen molar-refractivity contribution in [1.29, 1.82) is 0 Å². The predicted octanol–water partition coefficient (Wildman–Crippen LogP) is 26.7. The lowest BCUT2D eigenvalue weighted by molar-refractivity contribution is -0.161. The Morgan fingerprint density at radius 3 is 0.752 bits per heavy atom. The van der Waals surface area contributed by atoms with Crippen LogP contribution < -0.4 is 0 Å². The highest BCUT2D eigenvalue weighted by Crippen LogP contribution is 2.45. The van der Waals surface area contributed by atoms with Gasteiger partial charge in [0.2, 0.25) is 0 Å². The van der Waals surface area contributed by atoms with Crippen molar-refractivity contribution < 1.29 is 75.8 Å². The van der Waals surface area contributed by atoms with Crippen molar-refractivity contribution in [3.63, 3.8) is 0 Å². The van der Waals surface area contributed by atoms with Gasteiger partial charge in [-0.2, -0.15) is 0 Å². The van der Waals surface area contributed by atoms with Gasteiger partial charge in [-0.1, -0.05) is 348 Å². The van der Waals surface area contributed by atoms with Crippen molar-refractivity contribution in [3.8, 4) is 0 Å². The van der Waals surface area contributed by atoms with Crippen LogP contribution in [0.2, 0.25) is 0 Å². The number of phosphoric acid groups is 2. The average molecular weight is 1570 g/mol. The fourth-order valence-electron chi connectivity index (χ4n) is 12.2. The Morgan fingerprint density at radius 1 is 0.257 bits per heavy atom. The summed E-state index contributed by atoms with van der Waals surface area (Å²) in [5, 5.41) is 20.7. The highest BCUT2D eigenvalue weighted by Gasteiger charge is 2.29. The number of carbonyl (C=O) groups excluding carboxylic acids is 3. The summed E-state index contributed by atoms with van der Waals surface area (Å²) in [6.45, 7) is 2.65. The van der Waals surface area contributed by atoms with Gasteiger partial charge in [-0.25, -0.2) is 9.13 Å². The first kappa shape index (κ1) is 105. The van der Waals surface area contributed by atoms with E-state index in [0.29, 0.717) is 19.3 Å². The van der Waals surface area contributed by atoms with E-state index in [2.05, 4.69) is 130 Å². The molecule has 5 atom stereocenters. The number of hydrogen-bond donors (Lipinski definition) is 4.